The summed E-state index contributed by atoms with van der Waals surface area (Å²) in [5.41, 5.74) is 0. The first-order chi connectivity index (χ1) is 7.77. The van der Waals surface area contributed by atoms with E-state index in [1.54, 1.807) is 11.3 Å². The number of carbonyl (C=O) groups excluding carboxylic acids is 1. The number of thiophene rings is 1. The van der Waals surface area contributed by atoms with E-state index in [1.807, 2.05) is 24.9 Å². The average molecular weight is 277 g/mol. The van der Waals surface area contributed by atoms with E-state index in [9.17, 15) is 4.79 Å². The summed E-state index contributed by atoms with van der Waals surface area (Å²) in [6, 6.07) is 4.10. The number of hydrogen-bond acceptors (Lipinski definition) is 3. The maximum Gasteiger partial charge on any atom is 0.222 e. The molecule has 0 aliphatic rings. The van der Waals surface area contributed by atoms with Crippen molar-refractivity contribution in [2.24, 2.45) is 0 Å². The molecular weight excluding hydrogens is 256 g/mol. The molecule has 0 radical (unpaired) electrons. The average Bonchev–Trinajstić information content (AvgIpc) is 2.78. The highest BCUT2D eigenvalue weighted by Crippen LogP contribution is 2.12. The van der Waals surface area contributed by atoms with Gasteiger partial charge in [0.2, 0.25) is 5.91 Å². The number of hydrogen-bond donors (Lipinski definition) is 1. The molecule has 0 atom stereocenters. The van der Waals surface area contributed by atoms with Crippen molar-refractivity contribution in [2.45, 2.75) is 26.3 Å². The fourth-order valence-electron chi connectivity index (χ4n) is 1.54. The van der Waals surface area contributed by atoms with Crippen molar-refractivity contribution in [1.82, 2.24) is 10.2 Å². The summed E-state index contributed by atoms with van der Waals surface area (Å²) in [5.74, 6) is 0.256. The fraction of sp³-hybridized carbons (Fsp3) is 0.583. The van der Waals surface area contributed by atoms with Gasteiger partial charge in [-0.15, -0.1) is 23.7 Å². The molecule has 0 bridgehead atoms. The van der Waals surface area contributed by atoms with Crippen molar-refractivity contribution >= 4 is 29.7 Å². The van der Waals surface area contributed by atoms with E-state index >= 15 is 0 Å². The molecule has 98 valence electrons. The first kappa shape index (κ1) is 16.4. The van der Waals surface area contributed by atoms with Gasteiger partial charge in [0.15, 0.2) is 0 Å². The molecule has 1 heterocycles. The van der Waals surface area contributed by atoms with Crippen LogP contribution in [0.1, 0.15) is 24.6 Å². The van der Waals surface area contributed by atoms with E-state index in [0.717, 1.165) is 26.1 Å². The molecule has 0 aliphatic heterocycles. The lowest BCUT2D eigenvalue weighted by Crippen LogP contribution is -2.30. The third-order valence-corrected chi connectivity index (χ3v) is 3.34. The van der Waals surface area contributed by atoms with Gasteiger partial charge in [-0.05, 0) is 38.4 Å². The SMILES string of the molecule is CCN(Cc1cccs1)C(=O)CCCNC.Cl. The van der Waals surface area contributed by atoms with Gasteiger partial charge in [0.25, 0.3) is 0 Å². The zero-order chi connectivity index (χ0) is 11.8. The first-order valence-electron chi connectivity index (χ1n) is 5.72. The van der Waals surface area contributed by atoms with Crippen LogP contribution in [0.2, 0.25) is 0 Å². The van der Waals surface area contributed by atoms with Crippen LogP contribution >= 0.6 is 23.7 Å². The van der Waals surface area contributed by atoms with Crippen molar-refractivity contribution in [3.8, 4) is 0 Å². The van der Waals surface area contributed by atoms with E-state index in [2.05, 4.69) is 16.8 Å². The molecule has 3 nitrogen and oxygen atoms in total. The minimum atomic E-state index is 0. The van der Waals surface area contributed by atoms with Crippen LogP contribution in [0.5, 0.6) is 0 Å². The van der Waals surface area contributed by atoms with E-state index in [4.69, 9.17) is 0 Å². The van der Waals surface area contributed by atoms with Crippen LogP contribution in [0, 0.1) is 0 Å². The predicted molar refractivity (Wildman–Crippen MR) is 75.8 cm³/mol. The molecule has 0 unspecified atom stereocenters. The Labute approximate surface area is 114 Å². The molecule has 5 heteroatoms. The van der Waals surface area contributed by atoms with Crippen molar-refractivity contribution in [3.63, 3.8) is 0 Å². The summed E-state index contributed by atoms with van der Waals surface area (Å²) in [5, 5.41) is 5.11. The number of rotatable bonds is 7. The third-order valence-electron chi connectivity index (χ3n) is 2.48. The molecule has 1 aromatic rings. The lowest BCUT2D eigenvalue weighted by Gasteiger charge is -2.20. The van der Waals surface area contributed by atoms with Crippen molar-refractivity contribution in [3.05, 3.63) is 22.4 Å². The smallest absolute Gasteiger partial charge is 0.222 e. The number of amides is 1. The van der Waals surface area contributed by atoms with Crippen LogP contribution in [0.3, 0.4) is 0 Å². The van der Waals surface area contributed by atoms with Crippen LogP contribution in [0.15, 0.2) is 17.5 Å². The molecule has 0 aromatic carbocycles. The molecule has 1 rings (SSSR count). The molecule has 0 fully saturated rings. The molecule has 0 saturated carbocycles. The van der Waals surface area contributed by atoms with Gasteiger partial charge in [0.1, 0.15) is 0 Å². The molecule has 1 aromatic heterocycles. The van der Waals surface area contributed by atoms with Gasteiger partial charge in [-0.2, -0.15) is 0 Å². The molecular formula is C12H21ClN2OS. The second-order valence-electron chi connectivity index (χ2n) is 3.69. The number of nitrogens with zero attached hydrogens (tertiary/aromatic N) is 1. The lowest BCUT2D eigenvalue weighted by molar-refractivity contribution is -0.131. The van der Waals surface area contributed by atoms with Crippen LogP contribution in [0.4, 0.5) is 0 Å². The van der Waals surface area contributed by atoms with Gasteiger partial charge in [0, 0.05) is 17.8 Å². The van der Waals surface area contributed by atoms with Gasteiger partial charge in [0.05, 0.1) is 6.54 Å². The Kier molecular flexibility index (Phi) is 9.13. The highest BCUT2D eigenvalue weighted by Gasteiger charge is 2.11. The van der Waals surface area contributed by atoms with Gasteiger partial charge in [-0.3, -0.25) is 4.79 Å². The monoisotopic (exact) mass is 276 g/mol. The number of carbonyl (C=O) groups is 1. The van der Waals surface area contributed by atoms with Crippen LogP contribution in [-0.4, -0.2) is 30.9 Å². The van der Waals surface area contributed by atoms with Crippen LogP contribution in [-0.2, 0) is 11.3 Å². The Morgan fingerprint density at radius 2 is 2.29 bits per heavy atom. The highest BCUT2D eigenvalue weighted by molar-refractivity contribution is 7.09. The van der Waals surface area contributed by atoms with E-state index < -0.39 is 0 Å². The van der Waals surface area contributed by atoms with Crippen molar-refractivity contribution in [1.29, 1.82) is 0 Å². The normalized spacial score (nSPS) is 9.76. The summed E-state index contributed by atoms with van der Waals surface area (Å²) < 4.78 is 0. The second-order valence-corrected chi connectivity index (χ2v) is 4.73. The largest absolute Gasteiger partial charge is 0.338 e. The quantitative estimate of drug-likeness (QED) is 0.776. The maximum absolute atomic E-state index is 11.9. The summed E-state index contributed by atoms with van der Waals surface area (Å²) in [7, 11) is 1.91. The molecule has 0 spiro atoms. The standard InChI is InChI=1S/C12H20N2OS.ClH/c1-3-14(10-11-6-5-9-16-11)12(15)7-4-8-13-2;/h5-6,9,13H,3-4,7-8,10H2,1-2H3;1H. The van der Waals surface area contributed by atoms with E-state index in [0.29, 0.717) is 6.42 Å². The fourth-order valence-corrected chi connectivity index (χ4v) is 2.26. The number of nitrogens with one attached hydrogen (secondary N) is 1. The van der Waals surface area contributed by atoms with Gasteiger partial charge < -0.3 is 10.2 Å². The van der Waals surface area contributed by atoms with Crippen LogP contribution in [0.25, 0.3) is 0 Å². The topological polar surface area (TPSA) is 32.3 Å². The minimum absolute atomic E-state index is 0. The van der Waals surface area contributed by atoms with E-state index in [-0.39, 0.29) is 18.3 Å². The molecule has 1 N–H and O–H groups in total. The summed E-state index contributed by atoms with van der Waals surface area (Å²) in [4.78, 5) is 15.0. The second kappa shape index (κ2) is 9.45. The molecule has 0 aliphatic carbocycles. The Balaban J connectivity index is 0.00000256. The summed E-state index contributed by atoms with van der Waals surface area (Å²) >= 11 is 1.71. The Morgan fingerprint density at radius 1 is 1.53 bits per heavy atom. The zero-order valence-electron chi connectivity index (χ0n) is 10.4. The molecule has 1 amide bonds. The third kappa shape index (κ3) is 6.05. The summed E-state index contributed by atoms with van der Waals surface area (Å²) in [6.07, 6.45) is 1.55. The zero-order valence-corrected chi connectivity index (χ0v) is 12.1. The Bertz CT molecular complexity index is 303. The molecule has 17 heavy (non-hydrogen) atoms. The van der Waals surface area contributed by atoms with E-state index in [1.165, 1.54) is 4.88 Å². The van der Waals surface area contributed by atoms with Gasteiger partial charge in [-0.1, -0.05) is 6.07 Å². The highest BCUT2D eigenvalue weighted by atomic mass is 35.5. The van der Waals surface area contributed by atoms with Crippen LogP contribution < -0.4 is 5.32 Å². The van der Waals surface area contributed by atoms with Crippen molar-refractivity contribution < 1.29 is 4.79 Å². The van der Waals surface area contributed by atoms with Gasteiger partial charge >= 0.3 is 0 Å². The van der Waals surface area contributed by atoms with Crippen molar-refractivity contribution in [2.75, 3.05) is 20.1 Å². The predicted octanol–water partition coefficient (Wildman–Crippen LogP) is 2.52. The minimum Gasteiger partial charge on any atom is -0.338 e. The Hall–Kier alpha value is -0.580. The number of halogens is 1. The first-order valence-corrected chi connectivity index (χ1v) is 6.60. The molecule has 0 saturated heterocycles. The van der Waals surface area contributed by atoms with Gasteiger partial charge in [-0.25, -0.2) is 0 Å². The summed E-state index contributed by atoms with van der Waals surface area (Å²) in [6.45, 7) is 4.48. The maximum atomic E-state index is 11.9. The Morgan fingerprint density at radius 3 is 2.82 bits per heavy atom. The lowest BCUT2D eigenvalue weighted by atomic mass is 10.2.